The Balaban J connectivity index is 1.69. The van der Waals surface area contributed by atoms with Gasteiger partial charge in [-0.15, -0.1) is 0 Å². The molecule has 2 rings (SSSR count). The molecule has 0 spiro atoms. The molecular weight excluding hydrogens is 395 g/mol. The van der Waals surface area contributed by atoms with Gasteiger partial charge < -0.3 is 15.4 Å². The van der Waals surface area contributed by atoms with Crippen molar-refractivity contribution in [3.63, 3.8) is 0 Å². The largest absolute Gasteiger partial charge is 0.401 e. The SMILES string of the molecule is CCNC(=NCC1CN(CC(C)C)CCO1)NCCC1CCN(CC(F)(F)F)CC1. The fourth-order valence-electron chi connectivity index (χ4n) is 4.19. The third-order valence-corrected chi connectivity index (χ3v) is 5.60. The van der Waals surface area contributed by atoms with E-state index in [4.69, 9.17) is 9.73 Å². The van der Waals surface area contributed by atoms with Crippen LogP contribution in [0.1, 0.15) is 40.0 Å². The summed E-state index contributed by atoms with van der Waals surface area (Å²) in [6.07, 6.45) is -1.38. The molecule has 0 aromatic rings. The molecule has 30 heavy (non-hydrogen) atoms. The van der Waals surface area contributed by atoms with Crippen LogP contribution in [-0.2, 0) is 4.74 Å². The molecule has 2 aliphatic rings. The minimum absolute atomic E-state index is 0.117. The first-order valence-corrected chi connectivity index (χ1v) is 11.4. The van der Waals surface area contributed by atoms with Crippen molar-refractivity contribution in [1.29, 1.82) is 0 Å². The van der Waals surface area contributed by atoms with Crippen molar-refractivity contribution in [1.82, 2.24) is 20.4 Å². The Bertz CT molecular complexity index is 507. The Hall–Kier alpha value is -1.06. The number of likely N-dealkylation sites (tertiary alicyclic amines) is 1. The summed E-state index contributed by atoms with van der Waals surface area (Å²) in [4.78, 5) is 8.66. The predicted octanol–water partition coefficient (Wildman–Crippen LogP) is 2.56. The van der Waals surface area contributed by atoms with Crippen LogP contribution in [0.3, 0.4) is 0 Å². The lowest BCUT2D eigenvalue weighted by Gasteiger charge is -2.33. The highest BCUT2D eigenvalue weighted by molar-refractivity contribution is 5.79. The molecule has 0 radical (unpaired) electrons. The average Bonchev–Trinajstić information content (AvgIpc) is 2.66. The molecule has 0 aromatic heterocycles. The van der Waals surface area contributed by atoms with Crippen LogP contribution < -0.4 is 10.6 Å². The second kappa shape index (κ2) is 12.7. The summed E-state index contributed by atoms with van der Waals surface area (Å²) in [5.41, 5.74) is 0. The number of guanidine groups is 1. The van der Waals surface area contributed by atoms with Gasteiger partial charge in [0, 0.05) is 32.7 Å². The maximum absolute atomic E-state index is 12.5. The van der Waals surface area contributed by atoms with Crippen molar-refractivity contribution in [2.45, 2.75) is 52.3 Å². The Morgan fingerprint density at radius 3 is 2.50 bits per heavy atom. The molecule has 6 nitrogen and oxygen atoms in total. The molecule has 0 saturated carbocycles. The van der Waals surface area contributed by atoms with Crippen LogP contribution in [0.4, 0.5) is 13.2 Å². The van der Waals surface area contributed by atoms with Gasteiger partial charge in [0.1, 0.15) is 0 Å². The maximum Gasteiger partial charge on any atom is 0.401 e. The van der Waals surface area contributed by atoms with Gasteiger partial charge in [0.15, 0.2) is 5.96 Å². The van der Waals surface area contributed by atoms with Crippen LogP contribution in [0.2, 0.25) is 0 Å². The van der Waals surface area contributed by atoms with Gasteiger partial charge in [-0.05, 0) is 51.1 Å². The third kappa shape index (κ3) is 10.3. The minimum atomic E-state index is -4.10. The van der Waals surface area contributed by atoms with Gasteiger partial charge >= 0.3 is 6.18 Å². The molecule has 1 unspecified atom stereocenters. The normalized spacial score (nSPS) is 23.2. The highest BCUT2D eigenvalue weighted by atomic mass is 19.4. The van der Waals surface area contributed by atoms with Gasteiger partial charge in [-0.1, -0.05) is 13.8 Å². The summed E-state index contributed by atoms with van der Waals surface area (Å²) in [6.45, 7) is 12.7. The number of ether oxygens (including phenoxy) is 1. The fraction of sp³-hybridized carbons (Fsp3) is 0.952. The quantitative estimate of drug-likeness (QED) is 0.431. The lowest BCUT2D eigenvalue weighted by atomic mass is 9.93. The van der Waals surface area contributed by atoms with Crippen molar-refractivity contribution in [3.05, 3.63) is 0 Å². The minimum Gasteiger partial charge on any atom is -0.374 e. The molecule has 9 heteroatoms. The predicted molar refractivity (Wildman–Crippen MR) is 115 cm³/mol. The first kappa shape index (κ1) is 25.2. The number of alkyl halides is 3. The number of hydrogen-bond donors (Lipinski definition) is 2. The van der Waals surface area contributed by atoms with Gasteiger partial charge in [0.05, 0.1) is 25.8 Å². The Morgan fingerprint density at radius 2 is 1.87 bits per heavy atom. The van der Waals surface area contributed by atoms with E-state index in [0.717, 1.165) is 64.6 Å². The number of nitrogens with one attached hydrogen (secondary N) is 2. The Labute approximate surface area is 179 Å². The van der Waals surface area contributed by atoms with E-state index >= 15 is 0 Å². The zero-order chi connectivity index (χ0) is 22.0. The van der Waals surface area contributed by atoms with Crippen LogP contribution in [0.5, 0.6) is 0 Å². The Morgan fingerprint density at radius 1 is 1.13 bits per heavy atom. The molecular formula is C21H40F3N5O. The van der Waals surface area contributed by atoms with Crippen molar-refractivity contribution in [2.24, 2.45) is 16.8 Å². The van der Waals surface area contributed by atoms with Crippen LogP contribution in [0.15, 0.2) is 4.99 Å². The number of rotatable bonds is 9. The van der Waals surface area contributed by atoms with Crippen LogP contribution in [0.25, 0.3) is 0 Å². The van der Waals surface area contributed by atoms with Crippen LogP contribution in [0, 0.1) is 11.8 Å². The van der Waals surface area contributed by atoms with E-state index in [1.165, 1.54) is 4.90 Å². The van der Waals surface area contributed by atoms with Gasteiger partial charge in [0.25, 0.3) is 0 Å². The van der Waals surface area contributed by atoms with E-state index < -0.39 is 12.7 Å². The van der Waals surface area contributed by atoms with Crippen molar-refractivity contribution < 1.29 is 17.9 Å². The van der Waals surface area contributed by atoms with E-state index in [9.17, 15) is 13.2 Å². The summed E-state index contributed by atoms with van der Waals surface area (Å²) < 4.78 is 43.4. The second-order valence-electron chi connectivity index (χ2n) is 8.92. The molecule has 2 N–H and O–H groups in total. The lowest BCUT2D eigenvalue weighted by molar-refractivity contribution is -0.148. The lowest BCUT2D eigenvalue weighted by Crippen LogP contribution is -2.46. The van der Waals surface area contributed by atoms with Crippen molar-refractivity contribution in [2.75, 3.05) is 65.5 Å². The summed E-state index contributed by atoms with van der Waals surface area (Å²) in [7, 11) is 0. The summed E-state index contributed by atoms with van der Waals surface area (Å²) in [5, 5.41) is 6.65. The number of aliphatic imine (C=N–C) groups is 1. The fourth-order valence-corrected chi connectivity index (χ4v) is 4.19. The maximum atomic E-state index is 12.5. The van der Waals surface area contributed by atoms with Crippen molar-refractivity contribution in [3.8, 4) is 0 Å². The zero-order valence-corrected chi connectivity index (χ0v) is 18.8. The monoisotopic (exact) mass is 435 g/mol. The van der Waals surface area contributed by atoms with E-state index in [1.54, 1.807) is 0 Å². The summed E-state index contributed by atoms with van der Waals surface area (Å²) >= 11 is 0. The highest BCUT2D eigenvalue weighted by Crippen LogP contribution is 2.23. The van der Waals surface area contributed by atoms with Gasteiger partial charge in [-0.3, -0.25) is 14.8 Å². The molecule has 1 atom stereocenters. The average molecular weight is 436 g/mol. The zero-order valence-electron chi connectivity index (χ0n) is 18.8. The molecule has 2 heterocycles. The summed E-state index contributed by atoms with van der Waals surface area (Å²) in [5.74, 6) is 1.90. The molecule has 0 bridgehead atoms. The van der Waals surface area contributed by atoms with E-state index in [2.05, 4.69) is 29.4 Å². The smallest absolute Gasteiger partial charge is 0.374 e. The number of halogens is 3. The molecule has 0 aromatic carbocycles. The van der Waals surface area contributed by atoms with E-state index in [-0.39, 0.29) is 6.10 Å². The van der Waals surface area contributed by atoms with Gasteiger partial charge in [-0.2, -0.15) is 13.2 Å². The number of morpholine rings is 1. The standard InChI is InChI=1S/C21H40F3N5O/c1-4-25-20(27-13-19-15-29(11-12-30-19)14-17(2)3)26-8-5-18-6-9-28(10-7-18)16-21(22,23)24/h17-19H,4-16H2,1-3H3,(H2,25,26,27). The van der Waals surface area contributed by atoms with Gasteiger partial charge in [-0.25, -0.2) is 0 Å². The number of hydrogen-bond acceptors (Lipinski definition) is 4. The number of piperidine rings is 1. The van der Waals surface area contributed by atoms with Gasteiger partial charge in [0.2, 0.25) is 0 Å². The molecule has 2 aliphatic heterocycles. The summed E-state index contributed by atoms with van der Waals surface area (Å²) in [6, 6.07) is 0. The van der Waals surface area contributed by atoms with E-state index in [0.29, 0.717) is 31.5 Å². The topological polar surface area (TPSA) is 52.1 Å². The molecule has 2 saturated heterocycles. The first-order valence-electron chi connectivity index (χ1n) is 11.4. The highest BCUT2D eigenvalue weighted by Gasteiger charge is 2.32. The molecule has 176 valence electrons. The molecule has 0 amide bonds. The molecule has 0 aliphatic carbocycles. The third-order valence-electron chi connectivity index (χ3n) is 5.60. The molecule has 2 fully saturated rings. The van der Waals surface area contributed by atoms with Crippen LogP contribution >= 0.6 is 0 Å². The Kier molecular flexibility index (Phi) is 10.7. The second-order valence-corrected chi connectivity index (χ2v) is 8.92. The van der Waals surface area contributed by atoms with Crippen molar-refractivity contribution >= 4 is 5.96 Å². The first-order chi connectivity index (χ1) is 14.2. The van der Waals surface area contributed by atoms with E-state index in [1.807, 2.05) is 6.92 Å². The number of nitrogens with zero attached hydrogens (tertiary/aromatic N) is 3. The van der Waals surface area contributed by atoms with Crippen LogP contribution in [-0.4, -0.2) is 93.5 Å².